The zero-order valence-electron chi connectivity index (χ0n) is 29.0. The Bertz CT molecular complexity index is 2510. The largest absolute Gasteiger partial charge is 0.457 e. The van der Waals surface area contributed by atoms with Gasteiger partial charge >= 0.3 is 17.5 Å². The Kier molecular flexibility index (Phi) is 8.67. The number of ether oxygens (including phenoxy) is 3. The third kappa shape index (κ3) is 5.79. The van der Waals surface area contributed by atoms with Gasteiger partial charge in [-0.15, -0.1) is 11.3 Å². The molecule has 0 amide bonds. The average Bonchev–Trinajstić information content (AvgIpc) is 3.97. The molecule has 3 heterocycles. The van der Waals surface area contributed by atoms with Crippen molar-refractivity contribution in [1.82, 2.24) is 10.3 Å². The van der Waals surface area contributed by atoms with E-state index in [0.29, 0.717) is 20.9 Å². The van der Waals surface area contributed by atoms with Crippen molar-refractivity contribution in [3.05, 3.63) is 175 Å². The van der Waals surface area contributed by atoms with Gasteiger partial charge in [-0.3, -0.25) is 19.2 Å². The lowest BCUT2D eigenvalue weighted by molar-refractivity contribution is -0.178. The van der Waals surface area contributed by atoms with E-state index in [2.05, 4.69) is 10.3 Å². The van der Waals surface area contributed by atoms with Crippen molar-refractivity contribution in [3.63, 3.8) is 0 Å². The maximum atomic E-state index is 14.5. The molecule has 5 aromatic rings. The second kappa shape index (κ2) is 13.9. The van der Waals surface area contributed by atoms with Crippen molar-refractivity contribution < 1.29 is 43.0 Å². The van der Waals surface area contributed by atoms with Crippen LogP contribution in [-0.4, -0.2) is 51.0 Å². The molecule has 0 spiro atoms. The van der Waals surface area contributed by atoms with Crippen molar-refractivity contribution in [1.29, 1.82) is 0 Å². The molecule has 9 rings (SSSR count). The minimum atomic E-state index is -2.59. The van der Waals surface area contributed by atoms with Crippen LogP contribution in [0.1, 0.15) is 62.4 Å². The van der Waals surface area contributed by atoms with Gasteiger partial charge in [0.05, 0.1) is 27.1 Å². The molecule has 2 aliphatic carbocycles. The lowest BCUT2D eigenvalue weighted by Crippen LogP contribution is -2.59. The first-order chi connectivity index (χ1) is 27.2. The lowest BCUT2D eigenvalue weighted by atomic mass is 9.96. The summed E-state index contributed by atoms with van der Waals surface area (Å²) in [6, 6.07) is 30.7. The Morgan fingerprint density at radius 3 is 1.64 bits per heavy atom. The minimum absolute atomic E-state index is 0.0355. The summed E-state index contributed by atoms with van der Waals surface area (Å²) in [6.07, 6.45) is 2.82. The summed E-state index contributed by atoms with van der Waals surface area (Å²) in [7, 11) is 0. The molecule has 0 saturated heterocycles. The first-order valence-electron chi connectivity index (χ1n) is 17.3. The summed E-state index contributed by atoms with van der Waals surface area (Å²) >= 11 is 2.20. The number of carbonyl (C=O) groups is 6. The zero-order chi connectivity index (χ0) is 38.6. The van der Waals surface area contributed by atoms with Crippen LogP contribution >= 0.6 is 23.1 Å². The number of thioether (sulfide) groups is 1. The highest BCUT2D eigenvalue weighted by atomic mass is 32.2. The fraction of sp³-hybridized carbons (Fsp3) is 0.0930. The number of nitrogens with zero attached hydrogens (tertiary/aromatic N) is 1. The number of Topliss-reactive ketones (excluding diaryl/α,β-unsaturated/α-hetero) is 4. The molecule has 1 aromatic heterocycles. The van der Waals surface area contributed by atoms with Gasteiger partial charge in [-0.1, -0.05) is 121 Å². The van der Waals surface area contributed by atoms with Crippen molar-refractivity contribution >= 4 is 69.2 Å². The van der Waals surface area contributed by atoms with E-state index in [-0.39, 0.29) is 63.2 Å². The summed E-state index contributed by atoms with van der Waals surface area (Å²) in [5.74, 6) is -4.19. The molecular weight excluding hydrogens is 753 g/mol. The number of nitrogens with one attached hydrogen (secondary N) is 1. The van der Waals surface area contributed by atoms with Gasteiger partial charge in [-0.2, -0.15) is 0 Å². The topological polar surface area (TPSA) is 155 Å². The number of carbonyl (C=O) groups excluding carboxylic acids is 6. The fourth-order valence-electron chi connectivity index (χ4n) is 6.84. The van der Waals surface area contributed by atoms with Crippen LogP contribution in [0.5, 0.6) is 5.88 Å². The Morgan fingerprint density at radius 1 is 0.679 bits per heavy atom. The molecule has 0 radical (unpaired) electrons. The van der Waals surface area contributed by atoms with E-state index < -0.39 is 46.0 Å². The Labute approximate surface area is 326 Å². The van der Waals surface area contributed by atoms with Crippen molar-refractivity contribution in [3.8, 4) is 5.88 Å². The predicted octanol–water partition coefficient (Wildman–Crippen LogP) is 6.56. The van der Waals surface area contributed by atoms with E-state index in [1.165, 1.54) is 12.2 Å². The molecule has 1 N–H and O–H groups in total. The second-order valence-electron chi connectivity index (χ2n) is 13.0. The molecule has 4 aliphatic rings. The number of benzene rings is 4. The minimum Gasteiger partial charge on any atom is -0.457 e. The highest BCUT2D eigenvalue weighted by Gasteiger charge is 2.62. The third-order valence-electron chi connectivity index (χ3n) is 9.58. The summed E-state index contributed by atoms with van der Waals surface area (Å²) in [5.41, 5.74) is -0.416. The Hall–Kier alpha value is -6.70. The van der Waals surface area contributed by atoms with Crippen LogP contribution in [-0.2, 0) is 32.3 Å². The number of aromatic nitrogens is 1. The van der Waals surface area contributed by atoms with Crippen LogP contribution in [0, 0.1) is 0 Å². The van der Waals surface area contributed by atoms with E-state index in [0.717, 1.165) is 23.1 Å². The number of esters is 2. The number of ketones is 4. The maximum Gasteiger partial charge on any atom is 0.369 e. The molecule has 56 heavy (non-hydrogen) atoms. The third-order valence-corrected chi connectivity index (χ3v) is 11.9. The van der Waals surface area contributed by atoms with E-state index >= 15 is 0 Å². The summed E-state index contributed by atoms with van der Waals surface area (Å²) in [6.45, 7) is -0.430. The van der Waals surface area contributed by atoms with Crippen LogP contribution in [0.2, 0.25) is 0 Å². The summed E-state index contributed by atoms with van der Waals surface area (Å²) in [5, 5.41) is 2.51. The van der Waals surface area contributed by atoms with E-state index in [4.69, 9.17) is 14.2 Å². The quantitative estimate of drug-likeness (QED) is 0.0785. The van der Waals surface area contributed by atoms with Gasteiger partial charge in [0.25, 0.3) is 0 Å². The maximum absolute atomic E-state index is 14.5. The molecule has 1 unspecified atom stereocenters. The Balaban J connectivity index is 1.14. The lowest BCUT2D eigenvalue weighted by Gasteiger charge is -2.33. The normalized spacial score (nSPS) is 17.4. The molecule has 0 fully saturated rings. The first-order valence-corrected chi connectivity index (χ1v) is 19.0. The van der Waals surface area contributed by atoms with E-state index in [1.54, 1.807) is 97.1 Å². The summed E-state index contributed by atoms with van der Waals surface area (Å²) in [4.78, 5) is 87.7. The highest BCUT2D eigenvalue weighted by Crippen LogP contribution is 2.53. The van der Waals surface area contributed by atoms with Gasteiger partial charge in [-0.25, -0.2) is 14.6 Å². The molecule has 4 aromatic carbocycles. The standard InChI is InChI=1S/C43H26N2O9S2/c46-33-25-15-7-8-16-26(25)34(47)29(33)19-31-44-39-37(55-31)38-40(45-32(56-38)20-30-35(48)27-17-9-10-18-28(27)36(30)49)54-43(39,41(50)52-21-23-11-3-1-4-12-23)42(51)53-22-24-13-5-2-6-14-24/h1-20,31,44H,21-22H2. The number of hydrogen-bond donors (Lipinski definition) is 1. The van der Waals surface area contributed by atoms with Crippen LogP contribution in [0.15, 0.2) is 132 Å². The number of rotatable bonds is 8. The van der Waals surface area contributed by atoms with Gasteiger partial charge in [-0.05, 0) is 23.3 Å². The molecule has 11 nitrogen and oxygen atoms in total. The molecular formula is C43H26N2O9S2. The fourth-order valence-corrected chi connectivity index (χ4v) is 9.15. The zero-order valence-corrected chi connectivity index (χ0v) is 30.6. The SMILES string of the molecule is O=C1C(=Cc2nc3c(s2)C2=C(NC(C=C4C(=O)c5ccccc5C4=O)S2)C(C(=O)OCc2ccccc2)(C(=O)OCc2ccccc2)O3)C(=O)c2ccccc21. The van der Waals surface area contributed by atoms with Crippen LogP contribution in [0.25, 0.3) is 11.0 Å². The number of fused-ring (bicyclic) bond motifs is 4. The van der Waals surface area contributed by atoms with Gasteiger partial charge in [0, 0.05) is 22.3 Å². The summed E-state index contributed by atoms with van der Waals surface area (Å²) < 4.78 is 18.0. The van der Waals surface area contributed by atoms with Crippen LogP contribution in [0.4, 0.5) is 0 Å². The van der Waals surface area contributed by atoms with Gasteiger partial charge < -0.3 is 19.5 Å². The highest BCUT2D eigenvalue weighted by molar-refractivity contribution is 8.09. The van der Waals surface area contributed by atoms with E-state index in [9.17, 15) is 28.8 Å². The van der Waals surface area contributed by atoms with Crippen LogP contribution < -0.4 is 10.1 Å². The average molecular weight is 779 g/mol. The van der Waals surface area contributed by atoms with Gasteiger partial charge in [0.15, 0.2) is 23.1 Å². The Morgan fingerprint density at radius 2 is 1.14 bits per heavy atom. The van der Waals surface area contributed by atoms with Gasteiger partial charge in [0.1, 0.15) is 23.1 Å². The van der Waals surface area contributed by atoms with Crippen molar-refractivity contribution in [2.24, 2.45) is 0 Å². The molecule has 0 bridgehead atoms. The number of allylic oxidation sites excluding steroid dienone is 2. The molecule has 2 aliphatic heterocycles. The van der Waals surface area contributed by atoms with Gasteiger partial charge in [0.2, 0.25) is 5.88 Å². The van der Waals surface area contributed by atoms with Crippen LogP contribution in [0.3, 0.4) is 0 Å². The molecule has 274 valence electrons. The molecule has 1 atom stereocenters. The molecule has 13 heteroatoms. The smallest absolute Gasteiger partial charge is 0.369 e. The number of thiazole rings is 1. The monoisotopic (exact) mass is 778 g/mol. The molecule has 0 saturated carbocycles. The predicted molar refractivity (Wildman–Crippen MR) is 206 cm³/mol. The van der Waals surface area contributed by atoms with Crippen molar-refractivity contribution in [2.45, 2.75) is 24.2 Å². The van der Waals surface area contributed by atoms with Crippen molar-refractivity contribution in [2.75, 3.05) is 0 Å². The number of hydrogen-bond acceptors (Lipinski definition) is 13. The second-order valence-corrected chi connectivity index (χ2v) is 15.2. The van der Waals surface area contributed by atoms with E-state index in [1.807, 2.05) is 12.1 Å². The first kappa shape index (κ1) is 35.0.